The van der Waals surface area contributed by atoms with Gasteiger partial charge in [0.15, 0.2) is 0 Å². The Balaban J connectivity index is 1.57. The van der Waals surface area contributed by atoms with E-state index in [2.05, 4.69) is 0 Å². The summed E-state index contributed by atoms with van der Waals surface area (Å²) in [5, 5.41) is 0. The fraction of sp³-hybridized carbons (Fsp3) is 0.500. The van der Waals surface area contributed by atoms with Gasteiger partial charge in [-0.05, 0) is 26.3 Å². The number of carbonyl (C=O) groups excluding carboxylic acids is 2. The van der Waals surface area contributed by atoms with Crippen LogP contribution < -0.4 is 0 Å². The lowest BCUT2D eigenvalue weighted by Crippen LogP contribution is -2.40. The van der Waals surface area contributed by atoms with Crippen LogP contribution in [0.15, 0.2) is 36.4 Å². The fourth-order valence-corrected chi connectivity index (χ4v) is 4.21. The number of esters is 1. The molecule has 132 valence electrons. The summed E-state index contributed by atoms with van der Waals surface area (Å²) in [4.78, 5) is 27.4. The largest absolute Gasteiger partial charge is 0.463 e. The molecule has 3 aliphatic heterocycles. The zero-order valence-corrected chi connectivity index (χ0v) is 14.8. The van der Waals surface area contributed by atoms with Crippen molar-refractivity contribution in [3.05, 3.63) is 47.5 Å². The van der Waals surface area contributed by atoms with Gasteiger partial charge in [-0.2, -0.15) is 0 Å². The van der Waals surface area contributed by atoms with Gasteiger partial charge in [-0.15, -0.1) is 0 Å². The number of ether oxygens (including phenoxy) is 2. The Morgan fingerprint density at radius 3 is 2.76 bits per heavy atom. The molecule has 0 radical (unpaired) electrons. The minimum atomic E-state index is -0.673. The summed E-state index contributed by atoms with van der Waals surface area (Å²) in [6, 6.07) is 8.15. The van der Waals surface area contributed by atoms with Crippen LogP contribution in [-0.4, -0.2) is 41.1 Å². The van der Waals surface area contributed by atoms with Crippen molar-refractivity contribution in [1.82, 2.24) is 4.90 Å². The molecule has 25 heavy (non-hydrogen) atoms. The summed E-state index contributed by atoms with van der Waals surface area (Å²) in [7, 11) is 0. The molecule has 1 aromatic rings. The first-order valence-corrected chi connectivity index (χ1v) is 8.82. The second-order valence-electron chi connectivity index (χ2n) is 7.57. The van der Waals surface area contributed by atoms with E-state index in [0.29, 0.717) is 13.1 Å². The predicted molar refractivity (Wildman–Crippen MR) is 91.5 cm³/mol. The number of benzene rings is 1. The van der Waals surface area contributed by atoms with E-state index in [1.165, 1.54) is 5.56 Å². The minimum Gasteiger partial charge on any atom is -0.463 e. The van der Waals surface area contributed by atoms with Gasteiger partial charge in [-0.3, -0.25) is 9.59 Å². The average molecular weight is 341 g/mol. The molecule has 1 aromatic carbocycles. The van der Waals surface area contributed by atoms with Crippen molar-refractivity contribution in [3.63, 3.8) is 0 Å². The second-order valence-corrected chi connectivity index (χ2v) is 7.57. The van der Waals surface area contributed by atoms with Gasteiger partial charge in [0.2, 0.25) is 5.91 Å². The Morgan fingerprint density at radius 2 is 2.08 bits per heavy atom. The maximum atomic E-state index is 13.0. The summed E-state index contributed by atoms with van der Waals surface area (Å²) in [6.07, 6.45) is 3.33. The molecule has 0 aromatic heterocycles. The van der Waals surface area contributed by atoms with Crippen LogP contribution in [-0.2, 0) is 25.6 Å². The third-order valence-corrected chi connectivity index (χ3v) is 5.30. The van der Waals surface area contributed by atoms with Gasteiger partial charge in [0, 0.05) is 6.54 Å². The van der Waals surface area contributed by atoms with Gasteiger partial charge in [0.05, 0.1) is 24.7 Å². The van der Waals surface area contributed by atoms with E-state index < -0.39 is 17.4 Å². The molecule has 2 fully saturated rings. The summed E-state index contributed by atoms with van der Waals surface area (Å²) >= 11 is 0. The molecule has 0 saturated carbocycles. The zero-order chi connectivity index (χ0) is 17.8. The number of likely N-dealkylation sites (tertiary alicyclic amines) is 1. The summed E-state index contributed by atoms with van der Waals surface area (Å²) in [6.45, 7) is 6.69. The molecule has 0 N–H and O–H groups in total. The van der Waals surface area contributed by atoms with Crippen LogP contribution in [0.5, 0.6) is 0 Å². The third kappa shape index (κ3) is 2.58. The summed E-state index contributed by atoms with van der Waals surface area (Å²) < 4.78 is 11.5. The number of hydrogen-bond acceptors (Lipinski definition) is 4. The molecule has 1 amide bonds. The molecule has 2 bridgehead atoms. The average Bonchev–Trinajstić information content (AvgIpc) is 3.18. The van der Waals surface area contributed by atoms with E-state index in [-0.39, 0.29) is 24.1 Å². The van der Waals surface area contributed by atoms with Gasteiger partial charge < -0.3 is 14.4 Å². The molecular weight excluding hydrogens is 318 g/mol. The number of amides is 1. The Morgan fingerprint density at radius 1 is 1.36 bits per heavy atom. The summed E-state index contributed by atoms with van der Waals surface area (Å²) in [5.74, 6) is -1.36. The fourth-order valence-electron chi connectivity index (χ4n) is 4.21. The Labute approximate surface area is 147 Å². The number of nitrogens with zero attached hydrogens (tertiary/aromatic N) is 1. The molecule has 2 saturated heterocycles. The molecule has 4 atom stereocenters. The predicted octanol–water partition coefficient (Wildman–Crippen LogP) is 2.23. The van der Waals surface area contributed by atoms with Crippen molar-refractivity contribution in [1.29, 1.82) is 0 Å². The van der Waals surface area contributed by atoms with Gasteiger partial charge in [-0.1, -0.05) is 42.0 Å². The van der Waals surface area contributed by atoms with Crippen molar-refractivity contribution in [2.45, 2.75) is 45.1 Å². The van der Waals surface area contributed by atoms with Crippen LogP contribution in [0.1, 0.15) is 25.0 Å². The van der Waals surface area contributed by atoms with Gasteiger partial charge >= 0.3 is 5.97 Å². The zero-order valence-electron chi connectivity index (χ0n) is 14.8. The maximum absolute atomic E-state index is 13.0. The Kier molecular flexibility index (Phi) is 3.72. The standard InChI is InChI=1S/C20H23NO4/c1-12(2)24-19(23)16-15-8-9-20(25-15)11-21(18(22)17(16)20)10-14-6-4-13(3)5-7-14/h4-9,12,15-17H,10-11H2,1-3H3/t15-,16-,17+,20+/m0/s1. The van der Waals surface area contributed by atoms with Gasteiger partial charge in [0.25, 0.3) is 0 Å². The molecule has 3 aliphatic rings. The number of rotatable bonds is 4. The molecule has 0 unspecified atom stereocenters. The first kappa shape index (κ1) is 16.3. The molecule has 5 nitrogen and oxygen atoms in total. The molecule has 5 heteroatoms. The number of hydrogen-bond donors (Lipinski definition) is 0. The van der Waals surface area contributed by atoms with Crippen LogP contribution in [0.3, 0.4) is 0 Å². The van der Waals surface area contributed by atoms with E-state index in [4.69, 9.17) is 9.47 Å². The SMILES string of the molecule is Cc1ccc(CN2C[C@@]34C=C[C@H](O3)[C@H](C(=O)OC(C)C)[C@@H]4C2=O)cc1. The minimum absolute atomic E-state index is 0.0156. The van der Waals surface area contributed by atoms with Crippen molar-refractivity contribution in [2.75, 3.05) is 6.54 Å². The number of aryl methyl sites for hydroxylation is 1. The highest BCUT2D eigenvalue weighted by Gasteiger charge is 2.67. The normalized spacial score (nSPS) is 32.6. The van der Waals surface area contributed by atoms with Crippen LogP contribution in [0, 0.1) is 18.8 Å². The van der Waals surface area contributed by atoms with Crippen molar-refractivity contribution in [2.24, 2.45) is 11.8 Å². The maximum Gasteiger partial charge on any atom is 0.313 e. The lowest BCUT2D eigenvalue weighted by molar-refractivity contribution is -0.157. The molecular formula is C20H23NO4. The van der Waals surface area contributed by atoms with Crippen LogP contribution in [0.2, 0.25) is 0 Å². The van der Waals surface area contributed by atoms with Gasteiger partial charge in [-0.25, -0.2) is 0 Å². The second kappa shape index (κ2) is 5.70. The molecule has 1 spiro atoms. The van der Waals surface area contributed by atoms with E-state index >= 15 is 0 Å². The van der Waals surface area contributed by atoms with Crippen LogP contribution in [0.25, 0.3) is 0 Å². The Hall–Kier alpha value is -2.14. The first-order valence-electron chi connectivity index (χ1n) is 8.82. The Bertz CT molecular complexity index is 739. The highest BCUT2D eigenvalue weighted by atomic mass is 16.6. The van der Waals surface area contributed by atoms with E-state index in [1.54, 1.807) is 4.90 Å². The van der Waals surface area contributed by atoms with Crippen molar-refractivity contribution >= 4 is 11.9 Å². The highest BCUT2D eigenvalue weighted by Crippen LogP contribution is 2.52. The topological polar surface area (TPSA) is 55.8 Å². The third-order valence-electron chi connectivity index (χ3n) is 5.30. The molecule has 0 aliphatic carbocycles. The number of carbonyl (C=O) groups is 2. The molecule has 3 heterocycles. The number of fused-ring (bicyclic) bond motifs is 1. The van der Waals surface area contributed by atoms with E-state index in [0.717, 1.165) is 5.56 Å². The monoisotopic (exact) mass is 341 g/mol. The van der Waals surface area contributed by atoms with Crippen molar-refractivity contribution < 1.29 is 19.1 Å². The van der Waals surface area contributed by atoms with Crippen LogP contribution >= 0.6 is 0 Å². The van der Waals surface area contributed by atoms with Crippen molar-refractivity contribution in [3.8, 4) is 0 Å². The molecule has 4 rings (SSSR count). The lowest BCUT2D eigenvalue weighted by atomic mass is 9.77. The smallest absolute Gasteiger partial charge is 0.313 e. The lowest BCUT2D eigenvalue weighted by Gasteiger charge is -2.23. The highest BCUT2D eigenvalue weighted by molar-refractivity contribution is 5.91. The first-order chi connectivity index (χ1) is 11.9. The van der Waals surface area contributed by atoms with E-state index in [9.17, 15) is 9.59 Å². The van der Waals surface area contributed by atoms with E-state index in [1.807, 2.05) is 57.2 Å². The summed E-state index contributed by atoms with van der Waals surface area (Å²) in [5.41, 5.74) is 1.59. The quantitative estimate of drug-likeness (QED) is 0.622. The van der Waals surface area contributed by atoms with Gasteiger partial charge in [0.1, 0.15) is 11.5 Å². The van der Waals surface area contributed by atoms with Crippen LogP contribution in [0.4, 0.5) is 0 Å².